The minimum absolute atomic E-state index is 0.0921. The zero-order valence-corrected chi connectivity index (χ0v) is 23.1. The molecule has 0 fully saturated rings. The number of benzene rings is 3. The summed E-state index contributed by atoms with van der Waals surface area (Å²) in [5, 5.41) is 5.86. The van der Waals surface area contributed by atoms with Crippen molar-refractivity contribution < 1.29 is 33.0 Å². The van der Waals surface area contributed by atoms with E-state index in [1.807, 2.05) is 0 Å². The van der Waals surface area contributed by atoms with Crippen LogP contribution >= 0.6 is 11.8 Å². The van der Waals surface area contributed by atoms with Crippen LogP contribution in [0.5, 0.6) is 17.2 Å². The number of rotatable bonds is 10. The van der Waals surface area contributed by atoms with Crippen LogP contribution in [0, 0.1) is 0 Å². The van der Waals surface area contributed by atoms with Crippen molar-refractivity contribution in [3.05, 3.63) is 101 Å². The van der Waals surface area contributed by atoms with Crippen LogP contribution in [0.15, 0.2) is 105 Å². The van der Waals surface area contributed by atoms with Gasteiger partial charge in [-0.25, -0.2) is 4.90 Å². The zero-order chi connectivity index (χ0) is 28.9. The zero-order valence-electron chi connectivity index (χ0n) is 22.3. The molecule has 0 unspecified atom stereocenters. The molecule has 4 aromatic rings. The highest BCUT2D eigenvalue weighted by molar-refractivity contribution is 8.04. The number of nitrogens with zero attached hydrogens (tertiary/aromatic N) is 1. The number of hydrogen-bond donors (Lipinski definition) is 2. The number of imide groups is 1. The van der Waals surface area contributed by atoms with Crippen molar-refractivity contribution in [2.24, 2.45) is 0 Å². The molecule has 1 aliphatic heterocycles. The smallest absolute Gasteiger partial charge is 0.291 e. The summed E-state index contributed by atoms with van der Waals surface area (Å²) in [5.74, 6) is 0.385. The third-order valence-electron chi connectivity index (χ3n) is 6.12. The van der Waals surface area contributed by atoms with E-state index in [0.29, 0.717) is 39.2 Å². The molecule has 10 nitrogen and oxygen atoms in total. The maximum absolute atomic E-state index is 13.7. The Balaban J connectivity index is 1.45. The average Bonchev–Trinajstić information content (AvgIpc) is 3.62. The van der Waals surface area contributed by atoms with Gasteiger partial charge in [0.1, 0.15) is 27.9 Å². The van der Waals surface area contributed by atoms with Crippen LogP contribution in [-0.2, 0) is 9.59 Å². The Hall–Kier alpha value is -5.16. The van der Waals surface area contributed by atoms with Crippen LogP contribution in [-0.4, -0.2) is 39.1 Å². The van der Waals surface area contributed by atoms with Gasteiger partial charge in [-0.05, 0) is 72.8 Å². The number of methoxy groups -OCH3 is 3. The summed E-state index contributed by atoms with van der Waals surface area (Å²) in [6.45, 7) is 0. The lowest BCUT2D eigenvalue weighted by Gasteiger charge is -2.16. The van der Waals surface area contributed by atoms with E-state index >= 15 is 0 Å². The Kier molecular flexibility index (Phi) is 7.97. The summed E-state index contributed by atoms with van der Waals surface area (Å²) in [6.07, 6.45) is 1.42. The predicted molar refractivity (Wildman–Crippen MR) is 155 cm³/mol. The number of hydrogen-bond acceptors (Lipinski definition) is 9. The number of thioether (sulfide) groups is 1. The minimum Gasteiger partial charge on any atom is -0.497 e. The molecular weight excluding hydrogens is 546 g/mol. The van der Waals surface area contributed by atoms with Gasteiger partial charge in [-0.2, -0.15) is 0 Å². The SMILES string of the molecule is COc1ccc(N2C(=O)C(Nc3ccc(OC)cc3OC)=C(Sc3ccc(NC(=O)c4ccco4)cc3)C2=O)cc1. The largest absolute Gasteiger partial charge is 0.497 e. The number of furan rings is 1. The minimum atomic E-state index is -0.525. The summed E-state index contributed by atoms with van der Waals surface area (Å²) in [7, 11) is 4.58. The maximum atomic E-state index is 13.7. The Morgan fingerprint density at radius 2 is 1.54 bits per heavy atom. The van der Waals surface area contributed by atoms with E-state index in [2.05, 4.69) is 10.6 Å². The van der Waals surface area contributed by atoms with Crippen molar-refractivity contribution in [3.8, 4) is 17.2 Å². The van der Waals surface area contributed by atoms with Gasteiger partial charge in [0, 0.05) is 16.6 Å². The molecule has 0 radical (unpaired) electrons. The topological polar surface area (TPSA) is 119 Å². The number of anilines is 3. The average molecular weight is 572 g/mol. The standard InChI is InChI=1S/C30H25N3O7S/c1-37-20-10-8-19(9-11-20)33-29(35)26(32-23-15-12-21(38-2)17-25(23)39-3)27(30(33)36)41-22-13-6-18(7-14-22)31-28(34)24-5-4-16-40-24/h4-17,32H,1-3H3,(H,31,34). The van der Waals surface area contributed by atoms with Gasteiger partial charge in [0.2, 0.25) is 0 Å². The summed E-state index contributed by atoms with van der Waals surface area (Å²) in [5.41, 5.74) is 1.51. The fraction of sp³-hybridized carbons (Fsp3) is 0.100. The lowest BCUT2D eigenvalue weighted by Crippen LogP contribution is -2.32. The summed E-state index contributed by atoms with van der Waals surface area (Å²) >= 11 is 1.13. The number of carbonyl (C=O) groups is 3. The van der Waals surface area contributed by atoms with Crippen LogP contribution < -0.4 is 29.7 Å². The van der Waals surface area contributed by atoms with Gasteiger partial charge in [-0.15, -0.1) is 0 Å². The van der Waals surface area contributed by atoms with Gasteiger partial charge < -0.3 is 29.3 Å². The first-order valence-corrected chi connectivity index (χ1v) is 13.1. The molecule has 208 valence electrons. The third-order valence-corrected chi connectivity index (χ3v) is 7.21. The first-order valence-electron chi connectivity index (χ1n) is 12.3. The van der Waals surface area contributed by atoms with Gasteiger partial charge in [0.15, 0.2) is 5.76 Å². The van der Waals surface area contributed by atoms with E-state index < -0.39 is 11.8 Å². The molecule has 5 rings (SSSR count). The molecule has 0 bridgehead atoms. The number of ether oxygens (including phenoxy) is 3. The van der Waals surface area contributed by atoms with Gasteiger partial charge in [-0.1, -0.05) is 11.8 Å². The highest BCUT2D eigenvalue weighted by Gasteiger charge is 2.40. The second kappa shape index (κ2) is 11.9. The van der Waals surface area contributed by atoms with E-state index in [1.54, 1.807) is 86.0 Å². The fourth-order valence-electron chi connectivity index (χ4n) is 4.04. The molecule has 3 amide bonds. The number of amides is 3. The van der Waals surface area contributed by atoms with Crippen LogP contribution in [0.25, 0.3) is 0 Å². The van der Waals surface area contributed by atoms with Crippen molar-refractivity contribution in [1.82, 2.24) is 0 Å². The molecule has 3 aromatic carbocycles. The van der Waals surface area contributed by atoms with Crippen molar-refractivity contribution >= 4 is 46.5 Å². The van der Waals surface area contributed by atoms with E-state index in [0.717, 1.165) is 16.7 Å². The van der Waals surface area contributed by atoms with Crippen LogP contribution in [0.1, 0.15) is 10.6 Å². The Morgan fingerprint density at radius 1 is 0.829 bits per heavy atom. The second-order valence-corrected chi connectivity index (χ2v) is 9.68. The highest BCUT2D eigenvalue weighted by Crippen LogP contribution is 2.40. The summed E-state index contributed by atoms with van der Waals surface area (Å²) in [6, 6.07) is 21.8. The molecule has 41 heavy (non-hydrogen) atoms. The highest BCUT2D eigenvalue weighted by atomic mass is 32.2. The van der Waals surface area contributed by atoms with Crippen LogP contribution in [0.3, 0.4) is 0 Å². The monoisotopic (exact) mass is 571 g/mol. The van der Waals surface area contributed by atoms with Gasteiger partial charge >= 0.3 is 0 Å². The van der Waals surface area contributed by atoms with E-state index in [9.17, 15) is 14.4 Å². The number of nitrogens with one attached hydrogen (secondary N) is 2. The Bertz CT molecular complexity index is 1620. The van der Waals surface area contributed by atoms with E-state index in [-0.39, 0.29) is 22.3 Å². The number of carbonyl (C=O) groups excluding carboxylic acids is 3. The fourth-order valence-corrected chi connectivity index (χ4v) is 4.97. The molecule has 2 N–H and O–H groups in total. The van der Waals surface area contributed by atoms with Crippen molar-refractivity contribution in [1.29, 1.82) is 0 Å². The molecule has 0 saturated heterocycles. The Labute approximate surface area is 239 Å². The molecule has 0 saturated carbocycles. The molecule has 0 spiro atoms. The normalized spacial score (nSPS) is 12.9. The summed E-state index contributed by atoms with van der Waals surface area (Å²) < 4.78 is 21.1. The lowest BCUT2D eigenvalue weighted by atomic mass is 10.2. The van der Waals surface area contributed by atoms with Crippen LogP contribution in [0.4, 0.5) is 17.1 Å². The van der Waals surface area contributed by atoms with Crippen molar-refractivity contribution in [2.75, 3.05) is 36.9 Å². The molecule has 0 atom stereocenters. The lowest BCUT2D eigenvalue weighted by molar-refractivity contribution is -0.120. The quantitative estimate of drug-likeness (QED) is 0.236. The molecule has 11 heteroatoms. The molecule has 1 aromatic heterocycles. The predicted octanol–water partition coefficient (Wildman–Crippen LogP) is 5.55. The van der Waals surface area contributed by atoms with Crippen molar-refractivity contribution in [3.63, 3.8) is 0 Å². The molecular formula is C30H25N3O7S. The molecule has 0 aliphatic carbocycles. The maximum Gasteiger partial charge on any atom is 0.291 e. The first-order chi connectivity index (χ1) is 19.9. The third kappa shape index (κ3) is 5.75. The van der Waals surface area contributed by atoms with Crippen molar-refractivity contribution in [2.45, 2.75) is 4.90 Å². The summed E-state index contributed by atoms with van der Waals surface area (Å²) in [4.78, 5) is 41.7. The van der Waals surface area contributed by atoms with E-state index in [4.69, 9.17) is 18.6 Å². The van der Waals surface area contributed by atoms with E-state index in [1.165, 1.54) is 20.5 Å². The molecule has 1 aliphatic rings. The van der Waals surface area contributed by atoms with Gasteiger partial charge in [0.25, 0.3) is 17.7 Å². The van der Waals surface area contributed by atoms with Gasteiger partial charge in [-0.3, -0.25) is 14.4 Å². The van der Waals surface area contributed by atoms with Crippen LogP contribution in [0.2, 0.25) is 0 Å². The van der Waals surface area contributed by atoms with Gasteiger partial charge in [0.05, 0.1) is 39.0 Å². The second-order valence-electron chi connectivity index (χ2n) is 8.60. The molecule has 2 heterocycles. The first kappa shape index (κ1) is 27.4. The Morgan fingerprint density at radius 3 is 2.17 bits per heavy atom.